The van der Waals surface area contributed by atoms with E-state index in [1.165, 1.54) is 12.1 Å². The van der Waals surface area contributed by atoms with E-state index in [1.807, 2.05) is 6.92 Å². The fraction of sp³-hybridized carbons (Fsp3) is 0.417. The normalized spacial score (nSPS) is 10.4. The summed E-state index contributed by atoms with van der Waals surface area (Å²) in [5.41, 5.74) is 0.367. The molecule has 16 heavy (non-hydrogen) atoms. The molecular formula is C12H15FO3. The molecule has 0 unspecified atom stereocenters. The van der Waals surface area contributed by atoms with Crippen molar-refractivity contribution in [3.8, 4) is 0 Å². The number of carboxylic acid groups (broad SMARTS) is 1. The highest BCUT2D eigenvalue weighted by Gasteiger charge is 2.08. The van der Waals surface area contributed by atoms with E-state index in [0.29, 0.717) is 6.61 Å². The van der Waals surface area contributed by atoms with Gasteiger partial charge in [0.05, 0.1) is 12.2 Å². The van der Waals surface area contributed by atoms with Gasteiger partial charge in [-0.3, -0.25) is 0 Å². The first-order chi connectivity index (χ1) is 7.65. The van der Waals surface area contributed by atoms with Crippen LogP contribution in [-0.2, 0) is 11.3 Å². The molecule has 0 radical (unpaired) electrons. The van der Waals surface area contributed by atoms with Crippen LogP contribution in [0.2, 0.25) is 0 Å². The maximum absolute atomic E-state index is 13.3. The number of rotatable bonds is 6. The molecule has 0 bridgehead atoms. The largest absolute Gasteiger partial charge is 0.478 e. The van der Waals surface area contributed by atoms with E-state index in [2.05, 4.69) is 0 Å². The molecule has 3 nitrogen and oxygen atoms in total. The molecule has 0 saturated carbocycles. The molecule has 0 aliphatic heterocycles. The van der Waals surface area contributed by atoms with Crippen molar-refractivity contribution in [1.29, 1.82) is 0 Å². The van der Waals surface area contributed by atoms with Crippen molar-refractivity contribution >= 4 is 5.97 Å². The number of aromatic carboxylic acids is 1. The van der Waals surface area contributed by atoms with E-state index in [-0.39, 0.29) is 17.7 Å². The molecular weight excluding hydrogens is 211 g/mol. The Balaban J connectivity index is 2.63. The number of benzene rings is 1. The third kappa shape index (κ3) is 3.62. The molecule has 0 aliphatic rings. The summed E-state index contributed by atoms with van der Waals surface area (Å²) in [4.78, 5) is 10.7. The summed E-state index contributed by atoms with van der Waals surface area (Å²) < 4.78 is 18.5. The minimum absolute atomic E-state index is 0.0792. The monoisotopic (exact) mass is 226 g/mol. The van der Waals surface area contributed by atoms with Gasteiger partial charge >= 0.3 is 5.97 Å². The summed E-state index contributed by atoms with van der Waals surface area (Å²) >= 11 is 0. The van der Waals surface area contributed by atoms with Gasteiger partial charge in [-0.25, -0.2) is 9.18 Å². The summed E-state index contributed by atoms with van der Waals surface area (Å²) in [5.74, 6) is -1.49. The zero-order chi connectivity index (χ0) is 12.0. The van der Waals surface area contributed by atoms with Crippen LogP contribution in [0.15, 0.2) is 18.2 Å². The second-order valence-corrected chi connectivity index (χ2v) is 3.52. The van der Waals surface area contributed by atoms with Gasteiger partial charge in [0, 0.05) is 12.2 Å². The Hall–Kier alpha value is -1.42. The van der Waals surface area contributed by atoms with Crippen molar-refractivity contribution < 1.29 is 19.0 Å². The third-order valence-electron chi connectivity index (χ3n) is 2.19. The average molecular weight is 226 g/mol. The third-order valence-corrected chi connectivity index (χ3v) is 2.19. The number of hydrogen-bond donors (Lipinski definition) is 1. The van der Waals surface area contributed by atoms with Crippen molar-refractivity contribution in [2.24, 2.45) is 0 Å². The zero-order valence-corrected chi connectivity index (χ0v) is 9.20. The molecule has 0 atom stereocenters. The molecule has 0 fully saturated rings. The Kier molecular flexibility index (Phi) is 4.92. The fourth-order valence-corrected chi connectivity index (χ4v) is 1.25. The Morgan fingerprint density at radius 1 is 1.50 bits per heavy atom. The first kappa shape index (κ1) is 12.6. The summed E-state index contributed by atoms with van der Waals surface area (Å²) in [6.45, 7) is 2.72. The minimum Gasteiger partial charge on any atom is -0.478 e. The maximum atomic E-state index is 13.3. The van der Waals surface area contributed by atoms with Crippen LogP contribution in [0.4, 0.5) is 4.39 Å². The van der Waals surface area contributed by atoms with E-state index in [9.17, 15) is 9.18 Å². The van der Waals surface area contributed by atoms with Crippen LogP contribution in [0.3, 0.4) is 0 Å². The first-order valence-corrected chi connectivity index (χ1v) is 5.24. The van der Waals surface area contributed by atoms with Gasteiger partial charge in [-0.05, 0) is 24.6 Å². The topological polar surface area (TPSA) is 46.5 Å². The average Bonchev–Trinajstić information content (AvgIpc) is 2.26. The highest BCUT2D eigenvalue weighted by atomic mass is 19.1. The number of carboxylic acids is 1. The van der Waals surface area contributed by atoms with Crippen molar-refractivity contribution in [2.75, 3.05) is 6.61 Å². The second kappa shape index (κ2) is 6.23. The van der Waals surface area contributed by atoms with Gasteiger partial charge in [0.1, 0.15) is 5.82 Å². The summed E-state index contributed by atoms with van der Waals surface area (Å²) in [6, 6.07) is 3.71. The van der Waals surface area contributed by atoms with Crippen molar-refractivity contribution in [3.63, 3.8) is 0 Å². The highest BCUT2D eigenvalue weighted by Crippen LogP contribution is 2.12. The zero-order valence-electron chi connectivity index (χ0n) is 9.20. The standard InChI is InChI=1S/C12H15FO3/c1-2-3-6-16-8-10-7-9(12(14)15)4-5-11(10)13/h4-5,7H,2-3,6,8H2,1H3,(H,14,15). The molecule has 0 aromatic heterocycles. The molecule has 0 amide bonds. The van der Waals surface area contributed by atoms with E-state index in [4.69, 9.17) is 9.84 Å². The number of halogens is 1. The van der Waals surface area contributed by atoms with Gasteiger partial charge in [0.2, 0.25) is 0 Å². The maximum Gasteiger partial charge on any atom is 0.335 e. The first-order valence-electron chi connectivity index (χ1n) is 5.24. The van der Waals surface area contributed by atoms with Gasteiger partial charge in [-0.15, -0.1) is 0 Å². The quantitative estimate of drug-likeness (QED) is 0.759. The Morgan fingerprint density at radius 3 is 2.88 bits per heavy atom. The molecule has 0 aliphatic carbocycles. The lowest BCUT2D eigenvalue weighted by atomic mass is 10.1. The number of hydrogen-bond acceptors (Lipinski definition) is 2. The molecule has 1 aromatic rings. The van der Waals surface area contributed by atoms with Gasteiger partial charge in [0.25, 0.3) is 0 Å². The summed E-state index contributed by atoms with van der Waals surface area (Å²) in [5, 5.41) is 8.75. The summed E-state index contributed by atoms with van der Waals surface area (Å²) in [7, 11) is 0. The van der Waals surface area contributed by atoms with Crippen LogP contribution < -0.4 is 0 Å². The van der Waals surface area contributed by atoms with Crippen LogP contribution in [-0.4, -0.2) is 17.7 Å². The van der Waals surface area contributed by atoms with Crippen LogP contribution in [0, 0.1) is 5.82 Å². The van der Waals surface area contributed by atoms with E-state index >= 15 is 0 Å². The number of ether oxygens (including phenoxy) is 1. The highest BCUT2D eigenvalue weighted by molar-refractivity contribution is 5.87. The Labute approximate surface area is 93.9 Å². The molecule has 1 aromatic carbocycles. The van der Waals surface area contributed by atoms with E-state index in [1.54, 1.807) is 0 Å². The van der Waals surface area contributed by atoms with Crippen LogP contribution in [0.25, 0.3) is 0 Å². The molecule has 1 rings (SSSR count). The van der Waals surface area contributed by atoms with Crippen LogP contribution in [0.5, 0.6) is 0 Å². The lowest BCUT2D eigenvalue weighted by Gasteiger charge is -2.05. The number of carbonyl (C=O) groups is 1. The van der Waals surface area contributed by atoms with Crippen LogP contribution >= 0.6 is 0 Å². The summed E-state index contributed by atoms with van der Waals surface area (Å²) in [6.07, 6.45) is 1.93. The fourth-order valence-electron chi connectivity index (χ4n) is 1.25. The van der Waals surface area contributed by atoms with E-state index in [0.717, 1.165) is 18.9 Å². The SMILES string of the molecule is CCCCOCc1cc(C(=O)O)ccc1F. The van der Waals surface area contributed by atoms with Gasteiger partial charge in [-0.2, -0.15) is 0 Å². The minimum atomic E-state index is -1.06. The van der Waals surface area contributed by atoms with Gasteiger partial charge < -0.3 is 9.84 Å². The van der Waals surface area contributed by atoms with E-state index < -0.39 is 11.8 Å². The van der Waals surface area contributed by atoms with Crippen molar-refractivity contribution in [1.82, 2.24) is 0 Å². The molecule has 0 saturated heterocycles. The van der Waals surface area contributed by atoms with Gasteiger partial charge in [-0.1, -0.05) is 13.3 Å². The predicted octanol–water partition coefficient (Wildman–Crippen LogP) is 2.84. The van der Waals surface area contributed by atoms with Crippen molar-refractivity contribution in [2.45, 2.75) is 26.4 Å². The smallest absolute Gasteiger partial charge is 0.335 e. The number of unbranched alkanes of at least 4 members (excludes halogenated alkanes) is 1. The molecule has 1 N–H and O–H groups in total. The lowest BCUT2D eigenvalue weighted by molar-refractivity contribution is 0.0696. The Morgan fingerprint density at radius 2 is 2.25 bits per heavy atom. The molecule has 0 heterocycles. The van der Waals surface area contributed by atoms with Crippen LogP contribution in [0.1, 0.15) is 35.7 Å². The lowest BCUT2D eigenvalue weighted by Crippen LogP contribution is -2.02. The van der Waals surface area contributed by atoms with Gasteiger partial charge in [0.15, 0.2) is 0 Å². The Bertz CT molecular complexity index is 363. The molecule has 88 valence electrons. The van der Waals surface area contributed by atoms with Crippen molar-refractivity contribution in [3.05, 3.63) is 35.1 Å². The predicted molar refractivity (Wildman–Crippen MR) is 57.9 cm³/mol. The molecule has 4 heteroatoms. The second-order valence-electron chi connectivity index (χ2n) is 3.52. The molecule has 0 spiro atoms.